The number of ether oxygens (including phenoxy) is 2. The Hall–Kier alpha value is -9.47. The smallest absolute Gasteiger partial charge is 0.305 e. The number of nitrogens with one attached hydrogen (secondary N) is 1. The Labute approximate surface area is 807 Å². The van der Waals surface area contributed by atoms with Crippen LogP contribution < -0.4 is 75.7 Å². The maximum absolute atomic E-state index is 11.6. The van der Waals surface area contributed by atoms with Gasteiger partial charge in [0.15, 0.2) is 22.7 Å². The van der Waals surface area contributed by atoms with Crippen molar-refractivity contribution in [2.75, 3.05) is 134 Å². The van der Waals surface area contributed by atoms with Gasteiger partial charge in [0, 0.05) is 125 Å². The largest absolute Gasteiger partial charge is 1.00 e. The number of esters is 1. The van der Waals surface area contributed by atoms with Gasteiger partial charge in [-0.3, -0.25) is 9.59 Å². The SMILES string of the molecule is CCOC(=O)CCC[N+](C)(C)CCCCCCN1C=CC(=Cc2nc3ncc(NC(C)=O)cc3o2)c2ccccc21.CC[N+](CC)(CC)CCCCCCSC1=CC(=CC=CC=Cc2nc3ncc(Br)cc3s2)c2ccccc2N1c1ccccc1.COc1ccc2c(c1)C(=CC=CC1=Nc3ncc(-c4ccccc4)cc3C1(C)C)C=CN2CCC[N+](C)(C)C.[Br-].[Br-].[Br-]. The van der Waals surface area contributed by atoms with Crippen molar-refractivity contribution in [2.45, 2.75) is 125 Å². The van der Waals surface area contributed by atoms with E-state index < -0.39 is 0 Å². The minimum Gasteiger partial charge on any atom is -1.00 e. The molecule has 0 radical (unpaired) electrons. The Kier molecular flexibility index (Phi) is 39.6. The van der Waals surface area contributed by atoms with Gasteiger partial charge >= 0.3 is 5.97 Å². The topological polar surface area (TPSA) is 164 Å². The molecule has 9 heterocycles. The number of aromatic nitrogens is 5. The molecule has 5 aromatic carbocycles. The van der Waals surface area contributed by atoms with Crippen molar-refractivity contribution >= 4 is 141 Å². The maximum atomic E-state index is 11.6. The van der Waals surface area contributed by atoms with Crippen molar-refractivity contribution < 1.29 is 87.9 Å². The van der Waals surface area contributed by atoms with Gasteiger partial charge in [0.2, 0.25) is 11.8 Å². The second-order valence-corrected chi connectivity index (χ2v) is 37.4. The fourth-order valence-corrected chi connectivity index (χ4v) is 18.6. The summed E-state index contributed by atoms with van der Waals surface area (Å²) in [7, 11) is 12.9. The molecule has 0 aliphatic carbocycles. The average molecular weight is 2020 g/mol. The van der Waals surface area contributed by atoms with Crippen molar-refractivity contribution in [1.29, 1.82) is 0 Å². The van der Waals surface area contributed by atoms with Crippen LogP contribution >= 0.6 is 39.0 Å². The number of pyridine rings is 3. The van der Waals surface area contributed by atoms with Gasteiger partial charge in [0.25, 0.3) is 0 Å². The molecule has 24 heteroatoms. The molecular weight excluding hydrogens is 1890 g/mol. The van der Waals surface area contributed by atoms with Crippen LogP contribution in [0.1, 0.15) is 152 Å². The number of thioether (sulfide) groups is 1. The number of para-hydroxylation sites is 3. The summed E-state index contributed by atoms with van der Waals surface area (Å²) in [5.41, 5.74) is 18.4. The third-order valence-corrected chi connectivity index (χ3v) is 25.9. The Morgan fingerprint density at radius 2 is 1.24 bits per heavy atom. The molecule has 0 bridgehead atoms. The lowest BCUT2D eigenvalue weighted by molar-refractivity contribution is -0.923. The monoisotopic (exact) mass is 2020 g/mol. The summed E-state index contributed by atoms with van der Waals surface area (Å²) in [6.45, 7) is 25.4. The fraction of sp³-hybridized carbons (Fsp3) is 0.346. The fourth-order valence-electron chi connectivity index (χ4n) is 16.2. The molecule has 1 amide bonds. The van der Waals surface area contributed by atoms with E-state index in [1.54, 1.807) is 36.9 Å². The van der Waals surface area contributed by atoms with Crippen LogP contribution in [0.5, 0.6) is 5.75 Å². The molecule has 0 saturated heterocycles. The minimum atomic E-state index is -0.228. The summed E-state index contributed by atoms with van der Waals surface area (Å²) in [5.74, 6) is 3.00. The van der Waals surface area contributed by atoms with Crippen LogP contribution in [-0.4, -0.2) is 170 Å². The van der Waals surface area contributed by atoms with E-state index in [4.69, 9.17) is 23.9 Å². The Bertz CT molecular complexity index is 5660. The molecule has 10 aromatic rings. The first kappa shape index (κ1) is 102. The minimum absolute atomic E-state index is 0. The van der Waals surface area contributed by atoms with Gasteiger partial charge in [-0.15, -0.1) is 23.1 Å². The lowest BCUT2D eigenvalue weighted by Crippen LogP contribution is -3.00. The molecule has 4 aliphatic heterocycles. The Morgan fingerprint density at radius 1 is 0.602 bits per heavy atom. The molecule has 5 aromatic heterocycles. The molecule has 14 rings (SSSR count). The highest BCUT2D eigenvalue weighted by atomic mass is 79.9. The standard InChI is InChI=1S/C38H44BrN4S2.C34H39N4O.C32H41N5O4.3BrH/c1-4-43(5-2,6-3)25-17-7-8-18-26-44-37-27-30(33-22-15-16-23-34(33)42(37)32-20-12-10-13-21-32)19-11-9-14-24-36-41-38-35(45-36)28-31(39)29-40-38;1-34(2)30-22-27(25-12-8-7-9-13-25)24-35-33(30)36-32(34)15-10-14-26-18-20-37(19-11-21-38(3,4)5)31-17-16-28(39-6)23-29(26)31;1-5-40-31(39)15-12-20-37(3,4)19-11-7-6-10-17-36-18-16-25(27-13-8-9-14-28(27)36)21-30-35-32-29(41-30)22-26(23-33-32)34-24(2)38;;;/h9-16,19-24,27-29H,4-8,17-18,25-26H2,1-3H3;7-10,12-18,20,22-24H,11,19,21H2,1-6H3;8-9,13-14,16,18,21-23H,5-7,10-12,15,17,19-20H2,1-4H3;3*1H/q2*+1;;;;/p-2. The predicted octanol–water partition coefficient (Wildman–Crippen LogP) is 15.5. The summed E-state index contributed by atoms with van der Waals surface area (Å²) in [6, 6.07) is 50.7. The van der Waals surface area contributed by atoms with E-state index in [2.05, 4.69) is 320 Å². The number of halogens is 4. The zero-order chi connectivity index (χ0) is 88.4. The molecular formula is C104H125Br4N13O5S2. The van der Waals surface area contributed by atoms with Gasteiger partial charge in [0.05, 0.1) is 134 Å². The number of benzene rings is 5. The number of anilines is 5. The van der Waals surface area contributed by atoms with E-state index in [1.807, 2.05) is 55.2 Å². The normalized spacial score (nSPS) is 14.8. The summed E-state index contributed by atoms with van der Waals surface area (Å²) in [5, 5.41) is 4.95. The first-order valence-corrected chi connectivity index (χ1v) is 46.9. The first-order valence-electron chi connectivity index (χ1n) is 44.3. The highest BCUT2D eigenvalue weighted by Crippen LogP contribution is 2.46. The second-order valence-electron chi connectivity index (χ2n) is 34.3. The molecule has 0 atom stereocenters. The van der Waals surface area contributed by atoms with E-state index >= 15 is 0 Å². The zero-order valence-corrected chi connectivity index (χ0v) is 84.4. The lowest BCUT2D eigenvalue weighted by atomic mass is 9.81. The maximum Gasteiger partial charge on any atom is 0.305 e. The molecule has 0 fully saturated rings. The third-order valence-electron chi connectivity index (χ3n) is 23.4. The van der Waals surface area contributed by atoms with Crippen LogP contribution in [0.15, 0.2) is 256 Å². The number of methoxy groups -OCH3 is 1. The van der Waals surface area contributed by atoms with E-state index in [-0.39, 0.29) is 68.2 Å². The van der Waals surface area contributed by atoms with Crippen LogP contribution in [0.4, 0.5) is 34.3 Å². The molecule has 128 heavy (non-hydrogen) atoms. The van der Waals surface area contributed by atoms with Crippen LogP contribution in [0.2, 0.25) is 0 Å². The Balaban J connectivity index is 0.000000215. The summed E-state index contributed by atoms with van der Waals surface area (Å²) >= 11 is 7.12. The number of carbonyl (C=O) groups excluding carboxylic acids is 2. The first-order chi connectivity index (χ1) is 60.4. The number of quaternary nitrogens is 3. The summed E-state index contributed by atoms with van der Waals surface area (Å²) < 4.78 is 21.7. The molecule has 676 valence electrons. The molecule has 4 aliphatic rings. The zero-order valence-electron chi connectivity index (χ0n) is 76.5. The van der Waals surface area contributed by atoms with Gasteiger partial charge < -0.3 is 98.3 Å². The number of unbranched alkanes of at least 4 members (excludes halogenated alkanes) is 6. The third kappa shape index (κ3) is 28.5. The van der Waals surface area contributed by atoms with Gasteiger partial charge in [0.1, 0.15) is 10.8 Å². The van der Waals surface area contributed by atoms with Gasteiger partial charge in [-0.05, 0) is 195 Å². The van der Waals surface area contributed by atoms with E-state index in [0.29, 0.717) is 35.8 Å². The van der Waals surface area contributed by atoms with Crippen LogP contribution in [-0.2, 0) is 19.7 Å². The number of thiazole rings is 1. The van der Waals surface area contributed by atoms with E-state index in [1.165, 1.54) is 133 Å². The van der Waals surface area contributed by atoms with Crippen molar-refractivity contribution in [3.8, 4) is 16.9 Å². The van der Waals surface area contributed by atoms with Crippen molar-refractivity contribution in [1.82, 2.24) is 24.9 Å². The van der Waals surface area contributed by atoms with Crippen LogP contribution in [0.25, 0.3) is 61.6 Å². The molecule has 0 spiro atoms. The molecule has 0 saturated carbocycles. The number of fused-ring (bicyclic) bond motifs is 6. The summed E-state index contributed by atoms with van der Waals surface area (Å²) in [4.78, 5) is 57.5. The number of rotatable bonds is 37. The number of amides is 1. The van der Waals surface area contributed by atoms with Gasteiger partial charge in [-0.1, -0.05) is 148 Å². The van der Waals surface area contributed by atoms with E-state index in [9.17, 15) is 9.59 Å². The highest BCUT2D eigenvalue weighted by Gasteiger charge is 2.35. The number of nitrogens with zero attached hydrogens (tertiary/aromatic N) is 12. The van der Waals surface area contributed by atoms with Gasteiger partial charge in [-0.2, -0.15) is 4.98 Å². The molecule has 1 N–H and O–H groups in total. The van der Waals surface area contributed by atoms with Crippen molar-refractivity contribution in [3.63, 3.8) is 0 Å². The van der Waals surface area contributed by atoms with E-state index in [0.717, 1.165) is 132 Å². The highest BCUT2D eigenvalue weighted by molar-refractivity contribution is 9.10. The average Bonchev–Trinajstić information content (AvgIpc) is 1.63. The number of oxazole rings is 1. The van der Waals surface area contributed by atoms with Crippen LogP contribution in [0, 0.1) is 0 Å². The predicted molar refractivity (Wildman–Crippen MR) is 529 cm³/mol. The van der Waals surface area contributed by atoms with Crippen molar-refractivity contribution in [3.05, 3.63) is 280 Å². The Morgan fingerprint density at radius 3 is 1.95 bits per heavy atom. The second kappa shape index (κ2) is 49.5. The summed E-state index contributed by atoms with van der Waals surface area (Å²) in [6.07, 6.45) is 47.5. The number of aliphatic imine (C=N–C) groups is 1. The van der Waals surface area contributed by atoms with Gasteiger partial charge in [-0.25, -0.2) is 24.9 Å². The number of hydrogen-bond donors (Lipinski definition) is 1. The van der Waals surface area contributed by atoms with Crippen molar-refractivity contribution in [2.24, 2.45) is 4.99 Å². The number of allylic oxidation sites excluding steroid dienone is 13. The lowest BCUT2D eigenvalue weighted by Gasteiger charge is -2.35. The number of carbonyl (C=O) groups is 2. The van der Waals surface area contributed by atoms with Crippen LogP contribution in [0.3, 0.4) is 0 Å². The molecule has 18 nitrogen and oxygen atoms in total. The quantitative estimate of drug-likeness (QED) is 0.0169. The molecule has 0 unspecified atom stereocenters. The number of hydrogen-bond acceptors (Lipinski definition) is 16.